The number of carbonyl (C=O) groups is 1. The predicted molar refractivity (Wildman–Crippen MR) is 81.1 cm³/mol. The number of hydrogen-bond donors (Lipinski definition) is 2. The largest absolute Gasteiger partial charge is 0.389 e. The molecule has 0 aliphatic heterocycles. The molecule has 0 saturated carbocycles. The fourth-order valence-corrected chi connectivity index (χ4v) is 2.82. The fourth-order valence-electron chi connectivity index (χ4n) is 1.90. The van der Waals surface area contributed by atoms with E-state index in [0.29, 0.717) is 16.1 Å². The lowest BCUT2D eigenvalue weighted by Crippen LogP contribution is -2.12. The number of carbonyl (C=O) groups excluding carboxylic acids is 1. The molecule has 0 aliphatic rings. The van der Waals surface area contributed by atoms with E-state index in [4.69, 9.17) is 0 Å². The first-order chi connectivity index (χ1) is 9.61. The van der Waals surface area contributed by atoms with Gasteiger partial charge >= 0.3 is 0 Å². The molecule has 2 N–H and O–H groups in total. The zero-order valence-electron chi connectivity index (χ0n) is 11.6. The van der Waals surface area contributed by atoms with Crippen LogP contribution in [0.4, 0.5) is 5.69 Å². The van der Waals surface area contributed by atoms with Gasteiger partial charge in [0.25, 0.3) is 5.91 Å². The number of aryl methyl sites for hydroxylation is 1. The molecule has 1 unspecified atom stereocenters. The molecule has 0 fully saturated rings. The molecule has 2 aromatic rings. The topological polar surface area (TPSA) is 62.2 Å². The van der Waals surface area contributed by atoms with Crippen LogP contribution < -0.4 is 5.32 Å². The summed E-state index contributed by atoms with van der Waals surface area (Å²) in [4.78, 5) is 17.0. The number of para-hydroxylation sites is 1. The van der Waals surface area contributed by atoms with Crippen molar-refractivity contribution in [3.05, 3.63) is 45.9 Å². The number of hydrogen-bond acceptors (Lipinski definition) is 4. The first-order valence-electron chi connectivity index (χ1n) is 6.65. The highest BCUT2D eigenvalue weighted by Crippen LogP contribution is 2.23. The molecule has 0 spiro atoms. The highest BCUT2D eigenvalue weighted by atomic mass is 32.1. The SMILES string of the molecule is CCCc1ncc(C(=O)Nc2ccccc2C(C)O)s1. The van der Waals surface area contributed by atoms with Gasteiger partial charge in [0.05, 0.1) is 17.3 Å². The van der Waals surface area contributed by atoms with Gasteiger partial charge < -0.3 is 10.4 Å². The van der Waals surface area contributed by atoms with Gasteiger partial charge in [0, 0.05) is 11.3 Å². The van der Waals surface area contributed by atoms with Crippen molar-refractivity contribution in [2.45, 2.75) is 32.8 Å². The van der Waals surface area contributed by atoms with Gasteiger partial charge in [-0.3, -0.25) is 4.79 Å². The Kier molecular flexibility index (Phi) is 4.87. The first-order valence-corrected chi connectivity index (χ1v) is 7.46. The lowest BCUT2D eigenvalue weighted by molar-refractivity contribution is 0.103. The fraction of sp³-hybridized carbons (Fsp3) is 0.333. The van der Waals surface area contributed by atoms with Crippen molar-refractivity contribution < 1.29 is 9.90 Å². The lowest BCUT2D eigenvalue weighted by Gasteiger charge is -2.12. The number of anilines is 1. The van der Waals surface area contributed by atoms with Gasteiger partial charge in [-0.2, -0.15) is 0 Å². The maximum absolute atomic E-state index is 12.2. The minimum absolute atomic E-state index is 0.182. The molecule has 0 aliphatic carbocycles. The molecule has 1 amide bonds. The molecular weight excluding hydrogens is 272 g/mol. The highest BCUT2D eigenvalue weighted by Gasteiger charge is 2.14. The highest BCUT2D eigenvalue weighted by molar-refractivity contribution is 7.13. The van der Waals surface area contributed by atoms with E-state index in [1.54, 1.807) is 25.3 Å². The Balaban J connectivity index is 2.15. The van der Waals surface area contributed by atoms with E-state index in [2.05, 4.69) is 17.2 Å². The van der Waals surface area contributed by atoms with Crippen LogP contribution in [-0.4, -0.2) is 16.0 Å². The summed E-state index contributed by atoms with van der Waals surface area (Å²) in [5.74, 6) is -0.182. The molecule has 20 heavy (non-hydrogen) atoms. The molecule has 5 heteroatoms. The van der Waals surface area contributed by atoms with Crippen LogP contribution in [0.2, 0.25) is 0 Å². The van der Waals surface area contributed by atoms with Crippen molar-refractivity contribution in [2.75, 3.05) is 5.32 Å². The van der Waals surface area contributed by atoms with E-state index in [1.807, 2.05) is 12.1 Å². The molecule has 0 bridgehead atoms. The summed E-state index contributed by atoms with van der Waals surface area (Å²) in [7, 11) is 0. The number of benzene rings is 1. The molecule has 1 aromatic heterocycles. The Labute approximate surface area is 122 Å². The summed E-state index contributed by atoms with van der Waals surface area (Å²) in [6.07, 6.45) is 2.89. The van der Waals surface area contributed by atoms with Crippen LogP contribution in [0.5, 0.6) is 0 Å². The summed E-state index contributed by atoms with van der Waals surface area (Å²) in [5.41, 5.74) is 1.34. The minimum atomic E-state index is -0.622. The van der Waals surface area contributed by atoms with Crippen LogP contribution >= 0.6 is 11.3 Å². The zero-order valence-corrected chi connectivity index (χ0v) is 12.4. The van der Waals surface area contributed by atoms with Crippen LogP contribution in [0.25, 0.3) is 0 Å². The van der Waals surface area contributed by atoms with Gasteiger partial charge in [0.1, 0.15) is 4.88 Å². The third kappa shape index (κ3) is 3.43. The van der Waals surface area contributed by atoms with Gasteiger partial charge in [-0.15, -0.1) is 11.3 Å². The second-order valence-electron chi connectivity index (χ2n) is 4.59. The van der Waals surface area contributed by atoms with Crippen molar-refractivity contribution in [3.63, 3.8) is 0 Å². The molecule has 1 atom stereocenters. The minimum Gasteiger partial charge on any atom is -0.389 e. The van der Waals surface area contributed by atoms with Crippen LogP contribution in [0.15, 0.2) is 30.5 Å². The molecule has 4 nitrogen and oxygen atoms in total. The number of thiazole rings is 1. The van der Waals surface area contributed by atoms with Gasteiger partial charge in [-0.1, -0.05) is 25.1 Å². The predicted octanol–water partition coefficient (Wildman–Crippen LogP) is 3.40. The normalized spacial score (nSPS) is 12.2. The van der Waals surface area contributed by atoms with Crippen LogP contribution in [0, 0.1) is 0 Å². The smallest absolute Gasteiger partial charge is 0.267 e. The van der Waals surface area contributed by atoms with Gasteiger partial charge in [-0.05, 0) is 25.8 Å². The number of rotatable bonds is 5. The quantitative estimate of drug-likeness (QED) is 0.887. The molecule has 106 valence electrons. The number of nitrogens with one attached hydrogen (secondary N) is 1. The van der Waals surface area contributed by atoms with Crippen molar-refractivity contribution in [2.24, 2.45) is 0 Å². The van der Waals surface area contributed by atoms with Gasteiger partial charge in [-0.25, -0.2) is 4.98 Å². The lowest BCUT2D eigenvalue weighted by atomic mass is 10.1. The molecule has 0 saturated heterocycles. The third-order valence-corrected chi connectivity index (χ3v) is 3.96. The molecule has 1 heterocycles. The van der Waals surface area contributed by atoms with Crippen LogP contribution in [-0.2, 0) is 6.42 Å². The van der Waals surface area contributed by atoms with Crippen molar-refractivity contribution in [1.82, 2.24) is 4.98 Å². The Bertz CT molecular complexity index is 593. The van der Waals surface area contributed by atoms with E-state index in [9.17, 15) is 9.90 Å². The van der Waals surface area contributed by atoms with Crippen molar-refractivity contribution >= 4 is 22.9 Å². The average molecular weight is 290 g/mol. The van der Waals surface area contributed by atoms with E-state index in [0.717, 1.165) is 17.8 Å². The Morgan fingerprint density at radius 2 is 2.20 bits per heavy atom. The second kappa shape index (κ2) is 6.63. The van der Waals surface area contributed by atoms with Crippen LogP contribution in [0.1, 0.15) is 46.6 Å². The van der Waals surface area contributed by atoms with Gasteiger partial charge in [0.2, 0.25) is 0 Å². The number of aliphatic hydroxyl groups excluding tert-OH is 1. The Morgan fingerprint density at radius 1 is 1.45 bits per heavy atom. The molecule has 0 radical (unpaired) electrons. The molecular formula is C15H18N2O2S. The maximum Gasteiger partial charge on any atom is 0.267 e. The number of aromatic nitrogens is 1. The number of nitrogens with zero attached hydrogens (tertiary/aromatic N) is 1. The van der Waals surface area contributed by atoms with E-state index in [1.165, 1.54) is 11.3 Å². The monoisotopic (exact) mass is 290 g/mol. The average Bonchev–Trinajstić information content (AvgIpc) is 2.88. The van der Waals surface area contributed by atoms with Gasteiger partial charge in [0.15, 0.2) is 0 Å². The number of aliphatic hydroxyl groups is 1. The molecule has 2 rings (SSSR count). The molecule has 1 aromatic carbocycles. The third-order valence-electron chi connectivity index (χ3n) is 2.90. The van der Waals surface area contributed by atoms with E-state index < -0.39 is 6.10 Å². The summed E-state index contributed by atoms with van der Waals surface area (Å²) >= 11 is 1.41. The second-order valence-corrected chi connectivity index (χ2v) is 5.70. The first kappa shape index (κ1) is 14.7. The summed E-state index contributed by atoms with van der Waals surface area (Å²) in [6.45, 7) is 3.76. The zero-order chi connectivity index (χ0) is 14.5. The van der Waals surface area contributed by atoms with Crippen LogP contribution in [0.3, 0.4) is 0 Å². The van der Waals surface area contributed by atoms with Crippen molar-refractivity contribution in [1.29, 1.82) is 0 Å². The van der Waals surface area contributed by atoms with E-state index in [-0.39, 0.29) is 5.91 Å². The summed E-state index contributed by atoms with van der Waals surface area (Å²) in [5, 5.41) is 13.5. The number of amides is 1. The standard InChI is InChI=1S/C15H18N2O2S/c1-3-6-14-16-9-13(20-14)15(19)17-12-8-5-4-7-11(12)10(2)18/h4-5,7-10,18H,3,6H2,1-2H3,(H,17,19). The van der Waals surface area contributed by atoms with E-state index >= 15 is 0 Å². The summed E-state index contributed by atoms with van der Waals surface area (Å²) < 4.78 is 0. The summed E-state index contributed by atoms with van der Waals surface area (Å²) in [6, 6.07) is 7.25. The Morgan fingerprint density at radius 3 is 2.90 bits per heavy atom. The van der Waals surface area contributed by atoms with Crippen molar-refractivity contribution in [3.8, 4) is 0 Å². The Hall–Kier alpha value is -1.72. The maximum atomic E-state index is 12.2.